The van der Waals surface area contributed by atoms with Gasteiger partial charge in [0.1, 0.15) is 5.75 Å². The predicted molar refractivity (Wildman–Crippen MR) is 89.4 cm³/mol. The first-order valence-electron chi connectivity index (χ1n) is 7.62. The monoisotopic (exact) mass is 344 g/mol. The van der Waals surface area contributed by atoms with Gasteiger partial charge in [0, 0.05) is 13.0 Å². The van der Waals surface area contributed by atoms with Gasteiger partial charge in [0.05, 0.1) is 43.9 Å². The predicted octanol–water partition coefficient (Wildman–Crippen LogP) is -0.143. The number of amides is 1. The van der Waals surface area contributed by atoms with Gasteiger partial charge in [0.2, 0.25) is 15.9 Å². The van der Waals surface area contributed by atoms with E-state index in [2.05, 4.69) is 23.9 Å². The van der Waals surface area contributed by atoms with Crippen molar-refractivity contribution in [2.24, 2.45) is 0 Å². The third-order valence-corrected chi connectivity index (χ3v) is 5.02. The van der Waals surface area contributed by atoms with Crippen LogP contribution in [0.5, 0.6) is 5.75 Å². The molecule has 0 saturated carbocycles. The molecule has 23 heavy (non-hydrogen) atoms. The van der Waals surface area contributed by atoms with Gasteiger partial charge < -0.3 is 15.0 Å². The lowest BCUT2D eigenvalue weighted by Gasteiger charge is -2.16. The maximum Gasteiger partial charge on any atom is 0.240 e. The molecule has 1 rings (SSSR count). The summed E-state index contributed by atoms with van der Waals surface area (Å²) >= 11 is 0. The standard InChI is InChI=1S/C15H25N3O4S/c1-5-18(6-2)10-9-16-23(20,21)13-7-8-14(17-12(3)19)15(11-13)22-4/h7-8,11,16H,5-6,9-10H2,1-4H3,(H,17,19)/p+1. The summed E-state index contributed by atoms with van der Waals surface area (Å²) in [7, 11) is -2.18. The van der Waals surface area contributed by atoms with Crippen LogP contribution in [0, 0.1) is 0 Å². The number of sulfonamides is 1. The Bertz CT molecular complexity index is 628. The molecule has 0 radical (unpaired) electrons. The Kier molecular flexibility index (Phi) is 7.47. The largest absolute Gasteiger partial charge is 0.495 e. The van der Waals surface area contributed by atoms with E-state index in [1.165, 1.54) is 37.1 Å². The second-order valence-corrected chi connectivity index (χ2v) is 6.92. The Morgan fingerprint density at radius 2 is 1.91 bits per heavy atom. The number of ether oxygens (including phenoxy) is 1. The summed E-state index contributed by atoms with van der Waals surface area (Å²) in [6.45, 7) is 8.52. The normalized spacial score (nSPS) is 11.5. The quantitative estimate of drug-likeness (QED) is 0.582. The third kappa shape index (κ3) is 5.81. The molecule has 8 heteroatoms. The Balaban J connectivity index is 2.85. The number of nitrogens with one attached hydrogen (secondary N) is 3. The average molecular weight is 344 g/mol. The zero-order valence-electron chi connectivity index (χ0n) is 14.1. The van der Waals surface area contributed by atoms with Crippen molar-refractivity contribution in [1.29, 1.82) is 0 Å². The molecule has 130 valence electrons. The van der Waals surface area contributed by atoms with Gasteiger partial charge >= 0.3 is 0 Å². The van der Waals surface area contributed by atoms with E-state index in [1.807, 2.05) is 0 Å². The first-order chi connectivity index (χ1) is 10.8. The van der Waals surface area contributed by atoms with Crippen LogP contribution in [0.2, 0.25) is 0 Å². The zero-order chi connectivity index (χ0) is 17.5. The Labute approximate surface area is 138 Å². The smallest absolute Gasteiger partial charge is 0.240 e. The number of carbonyl (C=O) groups excluding carboxylic acids is 1. The SMILES string of the molecule is CC[NH+](CC)CCNS(=O)(=O)c1ccc(NC(C)=O)c(OC)c1. The fraction of sp³-hybridized carbons (Fsp3) is 0.533. The van der Waals surface area contributed by atoms with Crippen molar-refractivity contribution in [3.8, 4) is 5.75 Å². The highest BCUT2D eigenvalue weighted by Gasteiger charge is 2.17. The van der Waals surface area contributed by atoms with E-state index in [0.717, 1.165) is 19.6 Å². The second kappa shape index (κ2) is 8.85. The number of rotatable bonds is 9. The maximum atomic E-state index is 12.3. The van der Waals surface area contributed by atoms with Crippen LogP contribution >= 0.6 is 0 Å². The fourth-order valence-corrected chi connectivity index (χ4v) is 3.23. The summed E-state index contributed by atoms with van der Waals surface area (Å²) in [5.74, 6) is 0.0525. The Morgan fingerprint density at radius 1 is 1.26 bits per heavy atom. The molecule has 0 unspecified atom stereocenters. The van der Waals surface area contributed by atoms with Gasteiger partial charge in [-0.25, -0.2) is 13.1 Å². The number of carbonyl (C=O) groups is 1. The average Bonchev–Trinajstić information content (AvgIpc) is 2.51. The highest BCUT2D eigenvalue weighted by atomic mass is 32.2. The molecule has 0 saturated heterocycles. The summed E-state index contributed by atoms with van der Waals surface area (Å²) in [6, 6.07) is 4.36. The number of hydrogen-bond donors (Lipinski definition) is 3. The summed E-state index contributed by atoms with van der Waals surface area (Å²) in [6.07, 6.45) is 0. The summed E-state index contributed by atoms with van der Waals surface area (Å²) in [5, 5.41) is 2.59. The molecule has 1 aromatic rings. The maximum absolute atomic E-state index is 12.3. The molecule has 0 aromatic heterocycles. The number of methoxy groups -OCH3 is 1. The van der Waals surface area contributed by atoms with E-state index in [1.54, 1.807) is 0 Å². The van der Waals surface area contributed by atoms with Crippen molar-refractivity contribution in [3.05, 3.63) is 18.2 Å². The van der Waals surface area contributed by atoms with Crippen LogP contribution in [-0.4, -0.2) is 47.6 Å². The van der Waals surface area contributed by atoms with Gasteiger partial charge in [0.15, 0.2) is 0 Å². The van der Waals surface area contributed by atoms with E-state index in [4.69, 9.17) is 4.74 Å². The van der Waals surface area contributed by atoms with Crippen LogP contribution in [0.25, 0.3) is 0 Å². The summed E-state index contributed by atoms with van der Waals surface area (Å²) < 4.78 is 32.4. The van der Waals surface area contributed by atoms with Crippen LogP contribution in [0.15, 0.2) is 23.1 Å². The summed E-state index contributed by atoms with van der Waals surface area (Å²) in [4.78, 5) is 12.6. The molecule has 0 spiro atoms. The molecule has 1 amide bonds. The van der Waals surface area contributed by atoms with Crippen LogP contribution in [0.1, 0.15) is 20.8 Å². The molecule has 0 aliphatic carbocycles. The van der Waals surface area contributed by atoms with Gasteiger partial charge in [-0.15, -0.1) is 0 Å². The lowest BCUT2D eigenvalue weighted by Crippen LogP contribution is -3.12. The lowest BCUT2D eigenvalue weighted by molar-refractivity contribution is -0.895. The Morgan fingerprint density at radius 3 is 2.43 bits per heavy atom. The molecule has 0 heterocycles. The molecule has 7 nitrogen and oxygen atoms in total. The zero-order valence-corrected chi connectivity index (χ0v) is 14.9. The first-order valence-corrected chi connectivity index (χ1v) is 9.11. The van der Waals surface area contributed by atoms with Gasteiger partial charge in [-0.05, 0) is 26.0 Å². The third-order valence-electron chi connectivity index (χ3n) is 3.56. The number of hydrogen-bond acceptors (Lipinski definition) is 4. The fourth-order valence-electron chi connectivity index (χ4n) is 2.18. The highest BCUT2D eigenvalue weighted by Crippen LogP contribution is 2.27. The molecule has 3 N–H and O–H groups in total. The van der Waals surface area contributed by atoms with Gasteiger partial charge in [-0.2, -0.15) is 0 Å². The highest BCUT2D eigenvalue weighted by molar-refractivity contribution is 7.89. The van der Waals surface area contributed by atoms with E-state index < -0.39 is 10.0 Å². The molecule has 0 aliphatic rings. The minimum atomic E-state index is -3.61. The van der Waals surface area contributed by atoms with Crippen LogP contribution in [0.3, 0.4) is 0 Å². The van der Waals surface area contributed by atoms with Gasteiger partial charge in [-0.3, -0.25) is 4.79 Å². The van der Waals surface area contributed by atoms with Crippen LogP contribution < -0.4 is 19.7 Å². The molecule has 0 atom stereocenters. The van der Waals surface area contributed by atoms with Crippen molar-refractivity contribution < 1.29 is 22.8 Å². The Hall–Kier alpha value is -1.64. The molecule has 0 aliphatic heterocycles. The van der Waals surface area contributed by atoms with Crippen molar-refractivity contribution in [1.82, 2.24) is 4.72 Å². The first kappa shape index (κ1) is 19.4. The second-order valence-electron chi connectivity index (χ2n) is 5.15. The van der Waals surface area contributed by atoms with E-state index in [9.17, 15) is 13.2 Å². The van der Waals surface area contributed by atoms with Crippen molar-refractivity contribution >= 4 is 21.6 Å². The number of benzene rings is 1. The van der Waals surface area contributed by atoms with Crippen molar-refractivity contribution in [2.75, 3.05) is 38.6 Å². The van der Waals surface area contributed by atoms with E-state index >= 15 is 0 Å². The lowest BCUT2D eigenvalue weighted by atomic mass is 10.3. The van der Waals surface area contributed by atoms with Crippen molar-refractivity contribution in [3.63, 3.8) is 0 Å². The molecular formula is C15H26N3O4S+. The van der Waals surface area contributed by atoms with Crippen molar-refractivity contribution in [2.45, 2.75) is 25.7 Å². The molecule has 1 aromatic carbocycles. The van der Waals surface area contributed by atoms with Gasteiger partial charge in [0.25, 0.3) is 0 Å². The number of quaternary nitrogens is 1. The number of anilines is 1. The minimum absolute atomic E-state index is 0.109. The molecule has 0 fully saturated rings. The van der Waals surface area contributed by atoms with Crippen LogP contribution in [-0.2, 0) is 14.8 Å². The summed E-state index contributed by atoms with van der Waals surface area (Å²) in [5.41, 5.74) is 0.437. The van der Waals surface area contributed by atoms with E-state index in [0.29, 0.717) is 18.0 Å². The minimum Gasteiger partial charge on any atom is -0.495 e. The van der Waals surface area contributed by atoms with Gasteiger partial charge in [-0.1, -0.05) is 0 Å². The topological polar surface area (TPSA) is 88.9 Å². The molecular weight excluding hydrogens is 318 g/mol. The molecule has 0 bridgehead atoms. The van der Waals surface area contributed by atoms with Crippen LogP contribution in [0.4, 0.5) is 5.69 Å². The van der Waals surface area contributed by atoms with E-state index in [-0.39, 0.29) is 10.8 Å². The number of likely N-dealkylation sites (N-methyl/N-ethyl adjacent to an activating group) is 1.